The van der Waals surface area contributed by atoms with Crippen molar-refractivity contribution in [3.63, 3.8) is 0 Å². The quantitative estimate of drug-likeness (QED) is 0.106. The molecule has 1 aromatic heterocycles. The van der Waals surface area contributed by atoms with Crippen LogP contribution in [0.25, 0.3) is 30.0 Å². The van der Waals surface area contributed by atoms with Crippen molar-refractivity contribution in [1.82, 2.24) is 9.78 Å². The number of ether oxygens (including phenoxy) is 5. The first-order chi connectivity index (χ1) is 20.8. The summed E-state index contributed by atoms with van der Waals surface area (Å²) in [7, 11) is 6.26. The fourth-order valence-corrected chi connectivity index (χ4v) is 4.28. The number of aromatic nitrogens is 2. The maximum Gasteiger partial charge on any atom is 0.345 e. The fraction of sp³-hybridized carbons (Fsp3) is 0.188. The lowest BCUT2D eigenvalue weighted by atomic mass is 10.1. The third-order valence-electron chi connectivity index (χ3n) is 6.38. The maximum absolute atomic E-state index is 12.3. The molecule has 0 aliphatic rings. The molecule has 0 fully saturated rings. The number of nitro benzene ring substituents is 1. The monoisotopic (exact) mass is 585 g/mol. The van der Waals surface area contributed by atoms with Gasteiger partial charge in [-0.1, -0.05) is 24.3 Å². The van der Waals surface area contributed by atoms with Gasteiger partial charge in [0.15, 0.2) is 23.0 Å². The molecule has 0 atom stereocenters. The Balaban J connectivity index is 1.78. The van der Waals surface area contributed by atoms with Crippen LogP contribution >= 0.6 is 0 Å². The topological polar surface area (TPSA) is 124 Å². The summed E-state index contributed by atoms with van der Waals surface area (Å²) in [4.78, 5) is 23.6. The molecule has 11 heteroatoms. The summed E-state index contributed by atoms with van der Waals surface area (Å²) in [6, 6.07) is 17.1. The van der Waals surface area contributed by atoms with E-state index in [2.05, 4.69) is 0 Å². The van der Waals surface area contributed by atoms with E-state index in [1.54, 1.807) is 58.2 Å². The highest BCUT2D eigenvalue weighted by atomic mass is 16.6. The zero-order chi connectivity index (χ0) is 30.9. The summed E-state index contributed by atoms with van der Waals surface area (Å²) in [5.41, 5.74) is 2.75. The summed E-state index contributed by atoms with van der Waals surface area (Å²) in [5, 5.41) is 16.6. The molecule has 0 aliphatic heterocycles. The van der Waals surface area contributed by atoms with E-state index in [1.165, 1.54) is 12.1 Å². The first kappa shape index (κ1) is 30.4. The second-order valence-corrected chi connectivity index (χ2v) is 8.98. The van der Waals surface area contributed by atoms with E-state index >= 15 is 0 Å². The largest absolute Gasteiger partial charge is 0.493 e. The molecule has 0 spiro atoms. The third-order valence-corrected chi connectivity index (χ3v) is 6.38. The molecular formula is C32H31N3O8. The van der Waals surface area contributed by atoms with Crippen molar-refractivity contribution in [1.29, 1.82) is 0 Å². The number of carbonyl (C=O) groups is 1. The average Bonchev–Trinajstić information content (AvgIpc) is 3.45. The molecule has 0 unspecified atom stereocenters. The summed E-state index contributed by atoms with van der Waals surface area (Å²) in [6.45, 7) is 1.73. The molecule has 0 aliphatic carbocycles. The number of esters is 1. The van der Waals surface area contributed by atoms with Gasteiger partial charge in [0, 0.05) is 6.07 Å². The highest BCUT2D eigenvalue weighted by Crippen LogP contribution is 2.30. The van der Waals surface area contributed by atoms with Gasteiger partial charge >= 0.3 is 5.97 Å². The molecule has 4 aromatic rings. The molecule has 0 radical (unpaired) electrons. The molecule has 0 N–H and O–H groups in total. The molecule has 0 amide bonds. The van der Waals surface area contributed by atoms with E-state index in [0.29, 0.717) is 40.1 Å². The van der Waals surface area contributed by atoms with Crippen molar-refractivity contribution in [2.75, 3.05) is 35.0 Å². The number of rotatable bonds is 12. The molecule has 4 rings (SSSR count). The van der Waals surface area contributed by atoms with Gasteiger partial charge in [-0.3, -0.25) is 10.1 Å². The van der Waals surface area contributed by atoms with Gasteiger partial charge in [0.1, 0.15) is 5.56 Å². The van der Waals surface area contributed by atoms with Crippen LogP contribution in [0.15, 0.2) is 60.7 Å². The van der Waals surface area contributed by atoms with E-state index in [9.17, 15) is 14.9 Å². The molecule has 11 nitrogen and oxygen atoms in total. The maximum atomic E-state index is 12.3. The SMILES string of the molecule is CCOC(=O)c1ccc(-n2nc(/C=C/c3ccc(OC)c(OC)c3)cc2/C=C/c2ccc(OC)c(OC)c2)cc1[N+](=O)[O-]. The van der Waals surface area contributed by atoms with Crippen molar-refractivity contribution in [3.8, 4) is 28.7 Å². The predicted octanol–water partition coefficient (Wildman–Crippen LogP) is 6.33. The van der Waals surface area contributed by atoms with Crippen molar-refractivity contribution in [2.45, 2.75) is 6.92 Å². The Bertz CT molecular complexity index is 1690. The van der Waals surface area contributed by atoms with Crippen LogP contribution in [-0.2, 0) is 4.74 Å². The molecule has 222 valence electrons. The molecule has 0 saturated carbocycles. The Morgan fingerprint density at radius 1 is 0.791 bits per heavy atom. The van der Waals surface area contributed by atoms with Crippen molar-refractivity contribution in [3.05, 3.63) is 98.9 Å². The Kier molecular flexibility index (Phi) is 9.79. The van der Waals surface area contributed by atoms with Gasteiger partial charge in [-0.25, -0.2) is 9.48 Å². The van der Waals surface area contributed by atoms with Gasteiger partial charge in [0.25, 0.3) is 5.69 Å². The van der Waals surface area contributed by atoms with Crippen LogP contribution in [0.1, 0.15) is 39.8 Å². The van der Waals surface area contributed by atoms with Crippen LogP contribution in [-0.4, -0.2) is 55.7 Å². The average molecular weight is 586 g/mol. The lowest BCUT2D eigenvalue weighted by Crippen LogP contribution is -2.09. The first-order valence-corrected chi connectivity index (χ1v) is 13.2. The normalized spacial score (nSPS) is 11.1. The van der Waals surface area contributed by atoms with Crippen molar-refractivity contribution in [2.24, 2.45) is 0 Å². The number of hydrogen-bond donors (Lipinski definition) is 0. The van der Waals surface area contributed by atoms with E-state index in [0.717, 1.165) is 11.1 Å². The molecule has 0 bridgehead atoms. The number of methoxy groups -OCH3 is 4. The van der Waals surface area contributed by atoms with E-state index in [1.807, 2.05) is 54.6 Å². The standard InChI is InChI=1S/C32H31N3O8/c1-6-43-32(36)26-14-13-25(20-27(26)35(37)38)34-24(12-8-22-10-16-29(40-3)31(18-22)42-5)19-23(33-34)11-7-21-9-15-28(39-2)30(17-21)41-4/h7-20H,6H2,1-5H3/b11-7+,12-8+. The summed E-state index contributed by atoms with van der Waals surface area (Å²) in [5.74, 6) is 1.60. The second kappa shape index (κ2) is 13.9. The lowest BCUT2D eigenvalue weighted by Gasteiger charge is -2.08. The van der Waals surface area contributed by atoms with Gasteiger partial charge in [-0.05, 0) is 72.7 Å². The van der Waals surface area contributed by atoms with Gasteiger partial charge < -0.3 is 23.7 Å². The van der Waals surface area contributed by atoms with Crippen LogP contribution in [0.5, 0.6) is 23.0 Å². The molecule has 3 aromatic carbocycles. The first-order valence-electron chi connectivity index (χ1n) is 13.2. The Hall–Kier alpha value is -5.58. The number of benzene rings is 3. The van der Waals surface area contributed by atoms with Crippen molar-refractivity contribution >= 4 is 36.0 Å². The molecule has 43 heavy (non-hydrogen) atoms. The second-order valence-electron chi connectivity index (χ2n) is 8.98. The summed E-state index contributed by atoms with van der Waals surface area (Å²) < 4.78 is 28.0. The van der Waals surface area contributed by atoms with E-state index in [4.69, 9.17) is 28.8 Å². The minimum absolute atomic E-state index is 0.0950. The van der Waals surface area contributed by atoms with Crippen LogP contribution in [0.4, 0.5) is 5.69 Å². The molecular weight excluding hydrogens is 554 g/mol. The zero-order valence-corrected chi connectivity index (χ0v) is 24.4. The van der Waals surface area contributed by atoms with E-state index in [-0.39, 0.29) is 17.9 Å². The molecule has 0 saturated heterocycles. The van der Waals surface area contributed by atoms with Crippen LogP contribution in [0.3, 0.4) is 0 Å². The fourth-order valence-electron chi connectivity index (χ4n) is 4.28. The predicted molar refractivity (Wildman–Crippen MR) is 163 cm³/mol. The van der Waals surface area contributed by atoms with Crippen LogP contribution < -0.4 is 18.9 Å². The van der Waals surface area contributed by atoms with E-state index < -0.39 is 10.9 Å². The zero-order valence-electron chi connectivity index (χ0n) is 24.4. The number of nitrogens with zero attached hydrogens (tertiary/aromatic N) is 3. The summed E-state index contributed by atoms with van der Waals surface area (Å²) >= 11 is 0. The van der Waals surface area contributed by atoms with Crippen LogP contribution in [0, 0.1) is 10.1 Å². The van der Waals surface area contributed by atoms with Gasteiger partial charge in [0.05, 0.1) is 57.0 Å². The van der Waals surface area contributed by atoms with Gasteiger partial charge in [-0.15, -0.1) is 0 Å². The number of hydrogen-bond acceptors (Lipinski definition) is 9. The lowest BCUT2D eigenvalue weighted by molar-refractivity contribution is -0.385. The van der Waals surface area contributed by atoms with Crippen molar-refractivity contribution < 1.29 is 33.4 Å². The Morgan fingerprint density at radius 2 is 1.37 bits per heavy atom. The summed E-state index contributed by atoms with van der Waals surface area (Å²) in [6.07, 6.45) is 7.36. The minimum Gasteiger partial charge on any atom is -0.493 e. The van der Waals surface area contributed by atoms with Crippen LogP contribution in [0.2, 0.25) is 0 Å². The minimum atomic E-state index is -0.770. The van der Waals surface area contributed by atoms with Gasteiger partial charge in [-0.2, -0.15) is 5.10 Å². The highest BCUT2D eigenvalue weighted by Gasteiger charge is 2.23. The smallest absolute Gasteiger partial charge is 0.345 e. The molecule has 1 heterocycles. The highest BCUT2D eigenvalue weighted by molar-refractivity contribution is 5.94. The van der Waals surface area contributed by atoms with Gasteiger partial charge in [0.2, 0.25) is 0 Å². The Labute approximate surface area is 248 Å². The number of nitro groups is 1. The number of carbonyl (C=O) groups excluding carboxylic acids is 1. The third kappa shape index (κ3) is 7.02. The Morgan fingerprint density at radius 3 is 1.91 bits per heavy atom.